The van der Waals surface area contributed by atoms with E-state index in [1.54, 1.807) is 0 Å². The number of aliphatic hydroxyl groups excluding tert-OH is 1. The molecular weight excluding hydrogens is 232 g/mol. The van der Waals surface area contributed by atoms with E-state index in [4.69, 9.17) is 4.74 Å². The highest BCUT2D eigenvalue weighted by Crippen LogP contribution is 2.21. The minimum Gasteiger partial charge on any atom is -0.444 e. The van der Waals surface area contributed by atoms with Gasteiger partial charge >= 0.3 is 6.09 Å². The molecule has 0 aromatic heterocycles. The summed E-state index contributed by atoms with van der Waals surface area (Å²) < 4.78 is 5.20. The topological polar surface area (TPSA) is 61.8 Å². The molecule has 0 unspecified atom stereocenters. The van der Waals surface area contributed by atoms with E-state index in [2.05, 4.69) is 17.3 Å². The number of ether oxygens (including phenoxy) is 1. The summed E-state index contributed by atoms with van der Waals surface area (Å²) >= 11 is 0. The molecule has 5 heteroatoms. The molecule has 0 aliphatic carbocycles. The van der Waals surface area contributed by atoms with E-state index in [-0.39, 0.29) is 18.6 Å². The summed E-state index contributed by atoms with van der Waals surface area (Å²) in [5.41, 5.74) is -0.468. The second-order valence-electron chi connectivity index (χ2n) is 6.14. The molecule has 0 spiro atoms. The fourth-order valence-corrected chi connectivity index (χ4v) is 2.26. The van der Waals surface area contributed by atoms with Crippen molar-refractivity contribution in [2.45, 2.75) is 32.8 Å². The Morgan fingerprint density at radius 2 is 2.11 bits per heavy atom. The van der Waals surface area contributed by atoms with Crippen molar-refractivity contribution < 1.29 is 14.6 Å². The van der Waals surface area contributed by atoms with Crippen LogP contribution in [-0.2, 0) is 4.74 Å². The molecular formula is C13H26N2O3. The normalized spacial score (nSPS) is 25.8. The van der Waals surface area contributed by atoms with Crippen LogP contribution in [0.1, 0.15) is 27.2 Å². The van der Waals surface area contributed by atoms with Crippen LogP contribution in [0.3, 0.4) is 0 Å². The highest BCUT2D eigenvalue weighted by Gasteiger charge is 2.28. The molecule has 1 heterocycles. The summed E-state index contributed by atoms with van der Waals surface area (Å²) in [6.45, 7) is 8.20. The highest BCUT2D eigenvalue weighted by molar-refractivity contribution is 5.67. The first-order valence-electron chi connectivity index (χ1n) is 6.58. The molecule has 2 atom stereocenters. The van der Waals surface area contributed by atoms with Gasteiger partial charge in [0.2, 0.25) is 0 Å². The summed E-state index contributed by atoms with van der Waals surface area (Å²) in [7, 11) is 2.06. The molecule has 1 aliphatic rings. The number of likely N-dealkylation sites (tertiary alicyclic amines) is 1. The SMILES string of the molecule is CN1CC[C@@H](CO)[C@H](CNC(=O)OC(C)(C)C)C1. The smallest absolute Gasteiger partial charge is 0.407 e. The molecule has 0 radical (unpaired) electrons. The average molecular weight is 258 g/mol. The monoisotopic (exact) mass is 258 g/mol. The molecule has 1 rings (SSSR count). The van der Waals surface area contributed by atoms with Crippen molar-refractivity contribution in [1.82, 2.24) is 10.2 Å². The van der Waals surface area contributed by atoms with E-state index >= 15 is 0 Å². The van der Waals surface area contributed by atoms with Crippen molar-refractivity contribution in [1.29, 1.82) is 0 Å². The molecule has 5 nitrogen and oxygen atoms in total. The van der Waals surface area contributed by atoms with Crippen LogP contribution in [0.5, 0.6) is 0 Å². The first-order valence-corrected chi connectivity index (χ1v) is 6.58. The molecule has 1 fully saturated rings. The minimum absolute atomic E-state index is 0.189. The zero-order chi connectivity index (χ0) is 13.8. The van der Waals surface area contributed by atoms with Crippen LogP contribution >= 0.6 is 0 Å². The third-order valence-corrected chi connectivity index (χ3v) is 3.24. The van der Waals surface area contributed by atoms with Gasteiger partial charge in [-0.2, -0.15) is 0 Å². The number of aliphatic hydroxyl groups is 1. The molecule has 1 amide bonds. The second kappa shape index (κ2) is 6.38. The first-order chi connectivity index (χ1) is 8.31. The van der Waals surface area contributed by atoms with Crippen molar-refractivity contribution in [3.63, 3.8) is 0 Å². The predicted molar refractivity (Wildman–Crippen MR) is 70.4 cm³/mol. The third-order valence-electron chi connectivity index (χ3n) is 3.24. The van der Waals surface area contributed by atoms with Gasteiger partial charge in [-0.05, 0) is 52.6 Å². The number of hydrogen-bond donors (Lipinski definition) is 2. The van der Waals surface area contributed by atoms with E-state index in [9.17, 15) is 9.90 Å². The maximum atomic E-state index is 11.6. The molecule has 2 N–H and O–H groups in total. The molecule has 0 bridgehead atoms. The van der Waals surface area contributed by atoms with Crippen LogP contribution in [0.15, 0.2) is 0 Å². The van der Waals surface area contributed by atoms with Gasteiger partial charge in [-0.3, -0.25) is 0 Å². The number of nitrogens with one attached hydrogen (secondary N) is 1. The molecule has 1 saturated heterocycles. The molecule has 0 saturated carbocycles. The van der Waals surface area contributed by atoms with Gasteiger partial charge in [-0.15, -0.1) is 0 Å². The molecule has 0 aromatic carbocycles. The zero-order valence-corrected chi connectivity index (χ0v) is 11.9. The van der Waals surface area contributed by atoms with Gasteiger partial charge in [0.15, 0.2) is 0 Å². The Labute approximate surface area is 109 Å². The molecule has 106 valence electrons. The Morgan fingerprint density at radius 3 is 2.67 bits per heavy atom. The van der Waals surface area contributed by atoms with Crippen molar-refractivity contribution in [2.75, 3.05) is 33.3 Å². The Morgan fingerprint density at radius 1 is 1.44 bits per heavy atom. The number of nitrogens with zero attached hydrogens (tertiary/aromatic N) is 1. The summed E-state index contributed by atoms with van der Waals surface area (Å²) in [4.78, 5) is 13.8. The van der Waals surface area contributed by atoms with Crippen LogP contribution in [-0.4, -0.2) is 55.0 Å². The summed E-state index contributed by atoms with van der Waals surface area (Å²) in [6, 6.07) is 0. The predicted octanol–water partition coefficient (Wildman–Crippen LogP) is 1.07. The fourth-order valence-electron chi connectivity index (χ4n) is 2.26. The summed E-state index contributed by atoms with van der Waals surface area (Å²) in [6.07, 6.45) is 0.598. The van der Waals surface area contributed by atoms with E-state index in [1.165, 1.54) is 0 Å². The van der Waals surface area contributed by atoms with E-state index < -0.39 is 5.60 Å². The second-order valence-corrected chi connectivity index (χ2v) is 6.14. The van der Waals surface area contributed by atoms with Crippen LogP contribution in [0, 0.1) is 11.8 Å². The van der Waals surface area contributed by atoms with Crippen molar-refractivity contribution >= 4 is 6.09 Å². The Kier molecular flexibility index (Phi) is 5.41. The number of carbonyl (C=O) groups excluding carboxylic acids is 1. The minimum atomic E-state index is -0.468. The van der Waals surface area contributed by atoms with Crippen LogP contribution in [0.4, 0.5) is 4.79 Å². The third kappa shape index (κ3) is 5.23. The lowest BCUT2D eigenvalue weighted by Crippen LogP contribution is -2.45. The largest absolute Gasteiger partial charge is 0.444 e. The molecule has 0 aromatic rings. The highest BCUT2D eigenvalue weighted by atomic mass is 16.6. The number of carbonyl (C=O) groups is 1. The Bertz CT molecular complexity index is 276. The Balaban J connectivity index is 2.38. The maximum absolute atomic E-state index is 11.6. The maximum Gasteiger partial charge on any atom is 0.407 e. The molecule has 1 aliphatic heterocycles. The van der Waals surface area contributed by atoms with Crippen molar-refractivity contribution in [3.8, 4) is 0 Å². The Hall–Kier alpha value is -0.810. The quantitative estimate of drug-likeness (QED) is 0.795. The number of alkyl carbamates (subject to hydrolysis) is 1. The first kappa shape index (κ1) is 15.2. The van der Waals surface area contributed by atoms with Gasteiger partial charge in [0, 0.05) is 19.7 Å². The number of rotatable bonds is 3. The van der Waals surface area contributed by atoms with Crippen molar-refractivity contribution in [3.05, 3.63) is 0 Å². The van der Waals surface area contributed by atoms with Gasteiger partial charge in [0.1, 0.15) is 5.60 Å². The fraction of sp³-hybridized carbons (Fsp3) is 0.923. The lowest BCUT2D eigenvalue weighted by Gasteiger charge is -2.36. The van der Waals surface area contributed by atoms with Crippen LogP contribution in [0.25, 0.3) is 0 Å². The number of amides is 1. The van der Waals surface area contributed by atoms with E-state index in [0.717, 1.165) is 19.5 Å². The van der Waals surface area contributed by atoms with Crippen molar-refractivity contribution in [2.24, 2.45) is 11.8 Å². The van der Waals surface area contributed by atoms with Crippen LogP contribution in [0.2, 0.25) is 0 Å². The summed E-state index contributed by atoms with van der Waals surface area (Å²) in [5.74, 6) is 0.567. The lowest BCUT2D eigenvalue weighted by molar-refractivity contribution is 0.0463. The number of piperidine rings is 1. The standard InChI is InChI=1S/C13H26N2O3/c1-13(2,3)18-12(17)14-7-11-8-15(4)6-5-10(11)9-16/h10-11,16H,5-9H2,1-4H3,(H,14,17)/t10-,11+/m0/s1. The summed E-state index contributed by atoms with van der Waals surface area (Å²) in [5, 5.41) is 12.1. The average Bonchev–Trinajstić information content (AvgIpc) is 2.24. The van der Waals surface area contributed by atoms with Gasteiger partial charge in [0.25, 0.3) is 0 Å². The van der Waals surface area contributed by atoms with Gasteiger partial charge < -0.3 is 20.1 Å². The van der Waals surface area contributed by atoms with Gasteiger partial charge in [0.05, 0.1) is 0 Å². The van der Waals surface area contributed by atoms with E-state index in [1.807, 2.05) is 20.8 Å². The van der Waals surface area contributed by atoms with Gasteiger partial charge in [-0.1, -0.05) is 0 Å². The van der Waals surface area contributed by atoms with Crippen LogP contribution < -0.4 is 5.32 Å². The van der Waals surface area contributed by atoms with Gasteiger partial charge in [-0.25, -0.2) is 4.79 Å². The molecule has 18 heavy (non-hydrogen) atoms. The van der Waals surface area contributed by atoms with E-state index in [0.29, 0.717) is 12.5 Å². The lowest BCUT2D eigenvalue weighted by atomic mass is 9.86. The number of hydrogen-bond acceptors (Lipinski definition) is 4. The zero-order valence-electron chi connectivity index (χ0n) is 11.9.